The lowest BCUT2D eigenvalue weighted by Crippen LogP contribution is -2.22. The Kier molecular flexibility index (Phi) is 4.08. The standard InChI is InChI=1S/C14H18N8O3/c1-6(2)12(23)18-14-17-11-10(13(24)19-14)16-5-22(11)9-4-8(20-21-15)7(3)25-9/h5-9H,4H2,1-3H3,(H2,17,18,19,23,24)/t7-,8?,9?/m1/s1/i3D. The third-order valence-corrected chi connectivity index (χ3v) is 3.91. The summed E-state index contributed by atoms with van der Waals surface area (Å²) < 4.78 is 14.8. The molecule has 11 heteroatoms. The Bertz CT molecular complexity index is 932. The van der Waals surface area contributed by atoms with Crippen molar-refractivity contribution in [1.29, 1.82) is 0 Å². The number of fused-ring (bicyclic) bond motifs is 1. The predicted molar refractivity (Wildman–Crippen MR) is 88.8 cm³/mol. The predicted octanol–water partition coefficient (Wildman–Crippen LogP) is 1.70. The average Bonchev–Trinajstić information content (AvgIpc) is 3.19. The molecule has 11 nitrogen and oxygen atoms in total. The first-order valence-electron chi connectivity index (χ1n) is 8.42. The molecule has 1 amide bonds. The van der Waals surface area contributed by atoms with Gasteiger partial charge in [-0.2, -0.15) is 4.98 Å². The molecule has 2 aromatic rings. The van der Waals surface area contributed by atoms with E-state index in [0.717, 1.165) is 0 Å². The minimum absolute atomic E-state index is 0.0181. The van der Waals surface area contributed by atoms with Crippen molar-refractivity contribution in [2.75, 3.05) is 5.32 Å². The molecule has 1 fully saturated rings. The van der Waals surface area contributed by atoms with E-state index < -0.39 is 23.9 Å². The van der Waals surface area contributed by atoms with Gasteiger partial charge < -0.3 is 4.74 Å². The van der Waals surface area contributed by atoms with Gasteiger partial charge in [0.15, 0.2) is 11.2 Å². The number of amides is 1. The lowest BCUT2D eigenvalue weighted by molar-refractivity contribution is -0.118. The van der Waals surface area contributed by atoms with E-state index in [1.165, 1.54) is 6.33 Å². The van der Waals surface area contributed by atoms with Gasteiger partial charge in [-0.1, -0.05) is 19.0 Å². The van der Waals surface area contributed by atoms with Gasteiger partial charge in [0.2, 0.25) is 11.9 Å². The van der Waals surface area contributed by atoms with Gasteiger partial charge in [-0.15, -0.1) is 0 Å². The quantitative estimate of drug-likeness (QED) is 0.490. The number of hydrogen-bond donors (Lipinski definition) is 2. The molecule has 132 valence electrons. The molecule has 3 heterocycles. The molecule has 1 aliphatic rings. The minimum Gasteiger partial charge on any atom is -0.355 e. The number of ether oxygens (including phenoxy) is 1. The van der Waals surface area contributed by atoms with Gasteiger partial charge >= 0.3 is 0 Å². The van der Waals surface area contributed by atoms with Crippen molar-refractivity contribution in [2.45, 2.75) is 45.5 Å². The van der Waals surface area contributed by atoms with Crippen molar-refractivity contribution in [1.82, 2.24) is 19.5 Å². The van der Waals surface area contributed by atoms with Gasteiger partial charge in [0, 0.05) is 18.6 Å². The number of H-pyrrole nitrogens is 1. The summed E-state index contributed by atoms with van der Waals surface area (Å²) in [6, 6.07) is -0.484. The number of anilines is 1. The van der Waals surface area contributed by atoms with E-state index in [4.69, 9.17) is 11.6 Å². The van der Waals surface area contributed by atoms with E-state index in [-0.39, 0.29) is 35.8 Å². The van der Waals surface area contributed by atoms with Crippen LogP contribution in [0.1, 0.15) is 34.8 Å². The Hall–Kier alpha value is -2.91. The van der Waals surface area contributed by atoms with Crippen LogP contribution in [0.2, 0.25) is 0 Å². The second-order valence-corrected chi connectivity index (χ2v) is 6.02. The fraction of sp³-hybridized carbons (Fsp3) is 0.571. The minimum atomic E-state index is -0.575. The molecule has 2 aromatic heterocycles. The molecule has 3 atom stereocenters. The molecule has 0 aliphatic carbocycles. The van der Waals surface area contributed by atoms with Crippen molar-refractivity contribution in [2.24, 2.45) is 11.0 Å². The zero-order chi connectivity index (χ0) is 18.8. The van der Waals surface area contributed by atoms with E-state index in [0.29, 0.717) is 6.42 Å². The summed E-state index contributed by atoms with van der Waals surface area (Å²) in [6.45, 7) is 3.38. The Morgan fingerprint density at radius 1 is 1.68 bits per heavy atom. The van der Waals surface area contributed by atoms with Crippen LogP contribution in [0.3, 0.4) is 0 Å². The molecule has 25 heavy (non-hydrogen) atoms. The fourth-order valence-corrected chi connectivity index (χ4v) is 2.53. The van der Waals surface area contributed by atoms with Crippen LogP contribution in [0.25, 0.3) is 21.6 Å². The van der Waals surface area contributed by atoms with Crippen molar-refractivity contribution in [3.63, 3.8) is 0 Å². The molecular weight excluding hydrogens is 328 g/mol. The van der Waals surface area contributed by atoms with Crippen LogP contribution in [0.15, 0.2) is 16.2 Å². The molecule has 0 bridgehead atoms. The van der Waals surface area contributed by atoms with Gasteiger partial charge in [0.05, 0.1) is 18.5 Å². The molecule has 2 unspecified atom stereocenters. The van der Waals surface area contributed by atoms with E-state index in [1.54, 1.807) is 18.4 Å². The highest BCUT2D eigenvalue weighted by Crippen LogP contribution is 2.32. The second-order valence-electron chi connectivity index (χ2n) is 6.02. The summed E-state index contributed by atoms with van der Waals surface area (Å²) in [7, 11) is 0. The Morgan fingerprint density at radius 3 is 3.16 bits per heavy atom. The van der Waals surface area contributed by atoms with Crippen molar-refractivity contribution < 1.29 is 10.9 Å². The number of hydrogen-bond acceptors (Lipinski definition) is 6. The maximum absolute atomic E-state index is 12.2. The first kappa shape index (κ1) is 15.6. The summed E-state index contributed by atoms with van der Waals surface area (Å²) in [4.78, 5) is 37.6. The molecule has 1 saturated heterocycles. The van der Waals surface area contributed by atoms with Crippen molar-refractivity contribution in [3.8, 4) is 0 Å². The molecule has 2 N–H and O–H groups in total. The maximum atomic E-state index is 12.2. The van der Waals surface area contributed by atoms with Crippen LogP contribution in [0.5, 0.6) is 0 Å². The number of carbonyl (C=O) groups is 1. The van der Waals surface area contributed by atoms with Crippen LogP contribution in [0, 0.1) is 5.92 Å². The number of carbonyl (C=O) groups excluding carboxylic acids is 1. The number of nitrogens with zero attached hydrogens (tertiary/aromatic N) is 6. The lowest BCUT2D eigenvalue weighted by atomic mass is 10.1. The summed E-state index contributed by atoms with van der Waals surface area (Å²) in [6.07, 6.45) is 0.621. The van der Waals surface area contributed by atoms with Gasteiger partial charge in [-0.05, 0) is 12.4 Å². The molecule has 0 saturated carbocycles. The summed E-state index contributed by atoms with van der Waals surface area (Å²) in [5, 5.41) is 6.21. The third-order valence-electron chi connectivity index (χ3n) is 3.91. The van der Waals surface area contributed by atoms with E-state index >= 15 is 0 Å². The van der Waals surface area contributed by atoms with Gasteiger partial charge in [-0.25, -0.2) is 4.98 Å². The van der Waals surface area contributed by atoms with Crippen LogP contribution in [-0.4, -0.2) is 37.6 Å². The first-order valence-corrected chi connectivity index (χ1v) is 7.71. The second kappa shape index (κ2) is 6.54. The Labute approximate surface area is 143 Å². The summed E-state index contributed by atoms with van der Waals surface area (Å²) in [5.41, 5.74) is 8.50. The van der Waals surface area contributed by atoms with Gasteiger partial charge in [0.25, 0.3) is 5.56 Å². The zero-order valence-corrected chi connectivity index (χ0v) is 13.7. The third kappa shape index (κ3) is 3.19. The van der Waals surface area contributed by atoms with E-state index in [2.05, 4.69) is 30.3 Å². The highest BCUT2D eigenvalue weighted by Gasteiger charge is 2.33. The molecule has 0 aromatic carbocycles. The number of nitrogens with one attached hydrogen (secondary N) is 2. The normalized spacial score (nSPS) is 23.5. The smallest absolute Gasteiger partial charge is 0.280 e. The average molecular weight is 347 g/mol. The summed E-state index contributed by atoms with van der Waals surface area (Å²) >= 11 is 0. The maximum Gasteiger partial charge on any atom is 0.280 e. The number of imidazole rings is 1. The van der Waals surface area contributed by atoms with Crippen molar-refractivity contribution >= 4 is 23.0 Å². The van der Waals surface area contributed by atoms with Crippen LogP contribution in [0.4, 0.5) is 5.95 Å². The van der Waals surface area contributed by atoms with E-state index in [9.17, 15) is 9.59 Å². The lowest BCUT2D eigenvalue weighted by Gasteiger charge is -2.13. The van der Waals surface area contributed by atoms with Crippen LogP contribution in [-0.2, 0) is 9.53 Å². The fourth-order valence-electron chi connectivity index (χ4n) is 2.53. The topological polar surface area (TPSA) is 151 Å². The number of rotatable bonds is 4. The van der Waals surface area contributed by atoms with Crippen LogP contribution < -0.4 is 10.9 Å². The van der Waals surface area contributed by atoms with Gasteiger partial charge in [-0.3, -0.25) is 24.5 Å². The first-order chi connectivity index (χ1) is 12.4. The highest BCUT2D eigenvalue weighted by atomic mass is 16.5. The zero-order valence-electron chi connectivity index (χ0n) is 14.7. The number of aromatic amines is 1. The molecule has 0 spiro atoms. The summed E-state index contributed by atoms with van der Waals surface area (Å²) in [5.74, 6) is -0.542. The van der Waals surface area contributed by atoms with Gasteiger partial charge in [0.1, 0.15) is 6.23 Å². The Morgan fingerprint density at radius 2 is 2.48 bits per heavy atom. The number of azide groups is 1. The highest BCUT2D eigenvalue weighted by molar-refractivity contribution is 5.91. The monoisotopic (exact) mass is 347 g/mol. The Balaban J connectivity index is 1.97. The molecule has 3 rings (SSSR count). The number of aromatic nitrogens is 4. The largest absolute Gasteiger partial charge is 0.355 e. The molecule has 1 aliphatic heterocycles. The molecule has 0 radical (unpaired) electrons. The SMILES string of the molecule is [2H]C[C@H]1OC(n2cnc3c(=O)[nH]c(NC(=O)C(C)C)nc32)CC1N=[N+]=[N-]. The van der Waals surface area contributed by atoms with Crippen molar-refractivity contribution in [3.05, 3.63) is 27.1 Å². The molecular formula is C14H18N8O3. The van der Waals surface area contributed by atoms with Crippen LogP contribution >= 0.6 is 0 Å². The van der Waals surface area contributed by atoms with E-state index in [1.807, 2.05) is 0 Å².